The molecule has 0 atom stereocenters. The molecule has 20 heavy (non-hydrogen) atoms. The van der Waals surface area contributed by atoms with Gasteiger partial charge in [0, 0.05) is 12.6 Å². The van der Waals surface area contributed by atoms with Crippen molar-refractivity contribution in [2.45, 2.75) is 0 Å². The van der Waals surface area contributed by atoms with Crippen LogP contribution in [0.4, 0.5) is 5.69 Å². The fourth-order valence-electron chi connectivity index (χ4n) is 1.88. The van der Waals surface area contributed by atoms with Gasteiger partial charge in [0.2, 0.25) is 0 Å². The number of anilines is 1. The average molecular weight is 264 g/mol. The van der Waals surface area contributed by atoms with E-state index in [0.717, 1.165) is 16.8 Å². The highest BCUT2D eigenvalue weighted by Gasteiger charge is 2.05. The molecule has 0 radical (unpaired) electrons. The number of hydrogen-bond donors (Lipinski definition) is 1. The number of nitriles is 1. The zero-order valence-corrected chi connectivity index (χ0v) is 11.4. The Kier molecular flexibility index (Phi) is 4.41. The highest BCUT2D eigenvalue weighted by Crippen LogP contribution is 2.26. The van der Waals surface area contributed by atoms with Crippen LogP contribution in [0.1, 0.15) is 11.1 Å². The molecule has 0 saturated heterocycles. The molecular weight excluding hydrogens is 248 g/mol. The summed E-state index contributed by atoms with van der Waals surface area (Å²) in [5.74, 6) is 0.657. The van der Waals surface area contributed by atoms with E-state index in [-0.39, 0.29) is 0 Å². The Labute approximate surface area is 119 Å². The van der Waals surface area contributed by atoms with Gasteiger partial charge in [-0.2, -0.15) is 5.26 Å². The lowest BCUT2D eigenvalue weighted by atomic mass is 10.1. The van der Waals surface area contributed by atoms with Crippen LogP contribution in [0.3, 0.4) is 0 Å². The van der Waals surface area contributed by atoms with Crippen molar-refractivity contribution in [3.8, 4) is 11.8 Å². The van der Waals surface area contributed by atoms with E-state index in [2.05, 4.69) is 18.0 Å². The van der Waals surface area contributed by atoms with Crippen molar-refractivity contribution in [1.29, 1.82) is 5.26 Å². The second-order valence-corrected chi connectivity index (χ2v) is 4.35. The number of methoxy groups -OCH3 is 1. The molecule has 0 aliphatic carbocycles. The Morgan fingerprint density at radius 1 is 1.25 bits per heavy atom. The van der Waals surface area contributed by atoms with Crippen LogP contribution in [-0.2, 0) is 0 Å². The maximum atomic E-state index is 8.88. The van der Waals surface area contributed by atoms with E-state index in [1.54, 1.807) is 19.2 Å². The molecule has 0 aromatic heterocycles. The molecule has 0 unspecified atom stereocenters. The largest absolute Gasteiger partial charge is 0.495 e. The van der Waals surface area contributed by atoms with Gasteiger partial charge in [-0.25, -0.2) is 0 Å². The lowest BCUT2D eigenvalue weighted by molar-refractivity contribution is 0.416. The Balaban J connectivity index is 2.08. The minimum Gasteiger partial charge on any atom is -0.495 e. The van der Waals surface area contributed by atoms with Crippen LogP contribution in [0.2, 0.25) is 0 Å². The summed E-state index contributed by atoms with van der Waals surface area (Å²) in [4.78, 5) is 0. The molecule has 0 aliphatic rings. The topological polar surface area (TPSA) is 45.0 Å². The maximum Gasteiger partial charge on any atom is 0.143 e. The number of rotatable bonds is 5. The Morgan fingerprint density at radius 2 is 2.00 bits per heavy atom. The average Bonchev–Trinajstić information content (AvgIpc) is 2.53. The Morgan fingerprint density at radius 3 is 2.65 bits per heavy atom. The summed E-state index contributed by atoms with van der Waals surface area (Å²) in [5, 5.41) is 12.2. The van der Waals surface area contributed by atoms with Gasteiger partial charge in [-0.3, -0.25) is 0 Å². The summed E-state index contributed by atoms with van der Waals surface area (Å²) in [6.45, 7) is 4.69. The van der Waals surface area contributed by atoms with Gasteiger partial charge in [-0.05, 0) is 23.3 Å². The van der Waals surface area contributed by atoms with Crippen LogP contribution < -0.4 is 10.1 Å². The van der Waals surface area contributed by atoms with Gasteiger partial charge in [0.1, 0.15) is 5.75 Å². The van der Waals surface area contributed by atoms with Crippen molar-refractivity contribution in [2.75, 3.05) is 19.0 Å². The SMILES string of the molecule is C=C(CNc1ccc(C#N)cc1OC)c1ccccc1. The molecule has 0 amide bonds. The van der Waals surface area contributed by atoms with Gasteiger partial charge in [-0.15, -0.1) is 0 Å². The quantitative estimate of drug-likeness (QED) is 0.895. The normalized spacial score (nSPS) is 9.60. The van der Waals surface area contributed by atoms with Crippen molar-refractivity contribution in [3.63, 3.8) is 0 Å². The molecule has 2 aromatic rings. The van der Waals surface area contributed by atoms with Gasteiger partial charge in [0.15, 0.2) is 0 Å². The second-order valence-electron chi connectivity index (χ2n) is 4.35. The summed E-state index contributed by atoms with van der Waals surface area (Å²) in [7, 11) is 1.59. The summed E-state index contributed by atoms with van der Waals surface area (Å²) in [6, 6.07) is 17.4. The number of nitrogens with zero attached hydrogens (tertiary/aromatic N) is 1. The molecule has 3 nitrogen and oxygen atoms in total. The maximum absolute atomic E-state index is 8.88. The smallest absolute Gasteiger partial charge is 0.143 e. The molecule has 0 saturated carbocycles. The van der Waals surface area contributed by atoms with Crippen molar-refractivity contribution in [1.82, 2.24) is 0 Å². The first-order valence-corrected chi connectivity index (χ1v) is 6.30. The van der Waals surface area contributed by atoms with Crippen LogP contribution in [0.15, 0.2) is 55.1 Å². The second kappa shape index (κ2) is 6.44. The third-order valence-electron chi connectivity index (χ3n) is 3.00. The fraction of sp³-hybridized carbons (Fsp3) is 0.118. The lowest BCUT2D eigenvalue weighted by Gasteiger charge is -2.13. The molecule has 100 valence electrons. The van der Waals surface area contributed by atoms with Gasteiger partial charge in [-0.1, -0.05) is 36.9 Å². The van der Waals surface area contributed by atoms with E-state index in [4.69, 9.17) is 10.00 Å². The van der Waals surface area contributed by atoms with E-state index in [1.807, 2.05) is 36.4 Å². The minimum absolute atomic E-state index is 0.578. The van der Waals surface area contributed by atoms with E-state index in [1.165, 1.54) is 0 Å². The molecule has 0 aliphatic heterocycles. The number of nitrogens with one attached hydrogen (secondary N) is 1. The van der Waals surface area contributed by atoms with Crippen molar-refractivity contribution < 1.29 is 4.74 Å². The van der Waals surface area contributed by atoms with Crippen LogP contribution in [0.25, 0.3) is 5.57 Å². The van der Waals surface area contributed by atoms with Crippen LogP contribution in [0, 0.1) is 11.3 Å². The molecule has 2 aromatic carbocycles. The van der Waals surface area contributed by atoms with E-state index < -0.39 is 0 Å². The standard InChI is InChI=1S/C17H16N2O/c1-13(15-6-4-3-5-7-15)12-19-16-9-8-14(11-18)10-17(16)20-2/h3-10,19H,1,12H2,2H3. The van der Waals surface area contributed by atoms with Crippen molar-refractivity contribution in [3.05, 3.63) is 66.2 Å². The van der Waals surface area contributed by atoms with Crippen molar-refractivity contribution >= 4 is 11.3 Å². The van der Waals surface area contributed by atoms with Crippen LogP contribution >= 0.6 is 0 Å². The molecule has 2 rings (SSSR count). The monoisotopic (exact) mass is 264 g/mol. The van der Waals surface area contributed by atoms with E-state index in [0.29, 0.717) is 17.9 Å². The number of hydrogen-bond acceptors (Lipinski definition) is 3. The highest BCUT2D eigenvalue weighted by molar-refractivity contribution is 5.69. The summed E-state index contributed by atoms with van der Waals surface area (Å²) in [5.41, 5.74) is 3.53. The third kappa shape index (κ3) is 3.18. The van der Waals surface area contributed by atoms with Gasteiger partial charge < -0.3 is 10.1 Å². The predicted octanol–water partition coefficient (Wildman–Crippen LogP) is 3.69. The minimum atomic E-state index is 0.578. The Bertz CT molecular complexity index is 642. The molecule has 0 fully saturated rings. The van der Waals surface area contributed by atoms with Gasteiger partial charge in [0.25, 0.3) is 0 Å². The first-order chi connectivity index (χ1) is 9.74. The Hall–Kier alpha value is -2.73. The fourth-order valence-corrected chi connectivity index (χ4v) is 1.88. The number of benzene rings is 2. The summed E-state index contributed by atoms with van der Waals surface area (Å²) >= 11 is 0. The van der Waals surface area contributed by atoms with E-state index >= 15 is 0 Å². The predicted molar refractivity (Wildman–Crippen MR) is 81.7 cm³/mol. The molecule has 3 heteroatoms. The molecule has 1 N–H and O–H groups in total. The highest BCUT2D eigenvalue weighted by atomic mass is 16.5. The molecule has 0 bridgehead atoms. The van der Waals surface area contributed by atoms with Gasteiger partial charge >= 0.3 is 0 Å². The van der Waals surface area contributed by atoms with Crippen LogP contribution in [0.5, 0.6) is 5.75 Å². The zero-order chi connectivity index (χ0) is 14.4. The summed E-state index contributed by atoms with van der Waals surface area (Å²) in [6.07, 6.45) is 0. The number of ether oxygens (including phenoxy) is 1. The lowest BCUT2D eigenvalue weighted by Crippen LogP contribution is -2.05. The first-order valence-electron chi connectivity index (χ1n) is 6.30. The molecule has 0 heterocycles. The molecular formula is C17H16N2O. The third-order valence-corrected chi connectivity index (χ3v) is 3.00. The van der Waals surface area contributed by atoms with Crippen LogP contribution in [-0.4, -0.2) is 13.7 Å². The summed E-state index contributed by atoms with van der Waals surface area (Å²) < 4.78 is 5.28. The van der Waals surface area contributed by atoms with Gasteiger partial charge in [0.05, 0.1) is 24.4 Å². The first kappa shape index (κ1) is 13.7. The molecule has 0 spiro atoms. The zero-order valence-electron chi connectivity index (χ0n) is 11.4. The van der Waals surface area contributed by atoms with E-state index in [9.17, 15) is 0 Å². The van der Waals surface area contributed by atoms with Crippen molar-refractivity contribution in [2.24, 2.45) is 0 Å².